The number of pyridine rings is 1. The van der Waals surface area contributed by atoms with Gasteiger partial charge in [-0.2, -0.15) is 0 Å². The Hall–Kier alpha value is -2.63. The molecule has 0 aliphatic rings. The van der Waals surface area contributed by atoms with Crippen LogP contribution in [0.15, 0.2) is 41.3 Å². The second kappa shape index (κ2) is 6.86. The predicted molar refractivity (Wildman–Crippen MR) is 92.7 cm³/mol. The van der Waals surface area contributed by atoms with Crippen LogP contribution in [-0.2, 0) is 12.0 Å². The van der Waals surface area contributed by atoms with Gasteiger partial charge in [-0.25, -0.2) is 0 Å². The lowest BCUT2D eigenvalue weighted by Crippen LogP contribution is -2.23. The third-order valence-electron chi connectivity index (χ3n) is 3.82. The van der Waals surface area contributed by atoms with Crippen LogP contribution in [0.5, 0.6) is 5.75 Å². The van der Waals surface area contributed by atoms with Crippen molar-refractivity contribution in [2.45, 2.75) is 39.7 Å². The van der Waals surface area contributed by atoms with Gasteiger partial charge >= 0.3 is 0 Å². The molecule has 0 aliphatic carbocycles. The van der Waals surface area contributed by atoms with Gasteiger partial charge in [-0.05, 0) is 30.0 Å². The molecule has 0 spiro atoms. The minimum atomic E-state index is -0.489. The van der Waals surface area contributed by atoms with E-state index in [9.17, 15) is 14.9 Å². The maximum absolute atomic E-state index is 11.9. The van der Waals surface area contributed by atoms with Crippen LogP contribution in [0.1, 0.15) is 31.9 Å². The largest absolute Gasteiger partial charge is 0.492 e. The third-order valence-corrected chi connectivity index (χ3v) is 3.82. The normalized spacial score (nSPS) is 11.3. The molecule has 0 unspecified atom stereocenters. The summed E-state index contributed by atoms with van der Waals surface area (Å²) in [6.45, 7) is 8.48. The van der Waals surface area contributed by atoms with Gasteiger partial charge in [-0.15, -0.1) is 0 Å². The molecule has 0 bridgehead atoms. The van der Waals surface area contributed by atoms with E-state index in [0.717, 1.165) is 0 Å². The first-order chi connectivity index (χ1) is 11.2. The number of ether oxygens (including phenoxy) is 1. The molecule has 2 aromatic rings. The van der Waals surface area contributed by atoms with Crippen LogP contribution < -0.4 is 10.3 Å². The summed E-state index contributed by atoms with van der Waals surface area (Å²) in [5.41, 5.74) is 1.31. The monoisotopic (exact) mass is 330 g/mol. The average molecular weight is 330 g/mol. The molecule has 0 N–H and O–H groups in total. The van der Waals surface area contributed by atoms with Crippen LogP contribution in [0.3, 0.4) is 0 Å². The lowest BCUT2D eigenvalue weighted by atomic mass is 9.87. The van der Waals surface area contributed by atoms with Crippen LogP contribution in [0.2, 0.25) is 0 Å². The Balaban J connectivity index is 2.03. The van der Waals surface area contributed by atoms with Crippen molar-refractivity contribution in [3.63, 3.8) is 0 Å². The van der Waals surface area contributed by atoms with Crippen LogP contribution in [0.4, 0.5) is 5.69 Å². The van der Waals surface area contributed by atoms with Gasteiger partial charge in [0.2, 0.25) is 0 Å². The molecule has 0 radical (unpaired) electrons. The van der Waals surface area contributed by atoms with Gasteiger partial charge in [0.05, 0.1) is 17.7 Å². The van der Waals surface area contributed by atoms with Gasteiger partial charge in [0.25, 0.3) is 11.2 Å². The van der Waals surface area contributed by atoms with Gasteiger partial charge in [0.15, 0.2) is 0 Å². The van der Waals surface area contributed by atoms with Crippen molar-refractivity contribution >= 4 is 5.69 Å². The van der Waals surface area contributed by atoms with Crippen molar-refractivity contribution in [1.82, 2.24) is 4.57 Å². The van der Waals surface area contributed by atoms with E-state index < -0.39 is 4.92 Å². The van der Waals surface area contributed by atoms with Crippen LogP contribution in [0, 0.1) is 17.0 Å². The Morgan fingerprint density at radius 3 is 2.38 bits per heavy atom. The maximum atomic E-state index is 11.9. The number of rotatable bonds is 5. The minimum Gasteiger partial charge on any atom is -0.492 e. The SMILES string of the molecule is Cc1cc(=O)n(CCOc2ccc(C(C)(C)C)cc2)cc1[N+](=O)[O-]. The summed E-state index contributed by atoms with van der Waals surface area (Å²) in [7, 11) is 0. The fraction of sp³-hybridized carbons (Fsp3) is 0.389. The number of aromatic nitrogens is 1. The van der Waals surface area contributed by atoms with Crippen LogP contribution >= 0.6 is 0 Å². The van der Waals surface area contributed by atoms with Crippen molar-refractivity contribution in [2.75, 3.05) is 6.61 Å². The molecule has 1 aromatic carbocycles. The maximum Gasteiger partial charge on any atom is 0.288 e. The molecule has 6 heteroatoms. The smallest absolute Gasteiger partial charge is 0.288 e. The molecule has 0 saturated carbocycles. The number of nitrogens with zero attached hydrogens (tertiary/aromatic N) is 2. The van der Waals surface area contributed by atoms with E-state index in [1.54, 1.807) is 6.92 Å². The highest BCUT2D eigenvalue weighted by Gasteiger charge is 2.14. The van der Waals surface area contributed by atoms with E-state index in [0.29, 0.717) is 11.3 Å². The first-order valence-corrected chi connectivity index (χ1v) is 7.77. The molecule has 0 amide bonds. The van der Waals surface area contributed by atoms with E-state index in [1.165, 1.54) is 22.4 Å². The second-order valence-corrected chi connectivity index (χ2v) is 6.75. The molecule has 0 atom stereocenters. The molecular formula is C18H22N2O4. The Bertz CT molecular complexity index is 786. The molecule has 24 heavy (non-hydrogen) atoms. The van der Waals surface area contributed by atoms with E-state index >= 15 is 0 Å². The summed E-state index contributed by atoms with van der Waals surface area (Å²) in [5.74, 6) is 0.706. The topological polar surface area (TPSA) is 74.4 Å². The van der Waals surface area contributed by atoms with Crippen molar-refractivity contribution in [2.24, 2.45) is 0 Å². The molecule has 0 aliphatic heterocycles. The zero-order valence-electron chi connectivity index (χ0n) is 14.4. The van der Waals surface area contributed by atoms with Gasteiger partial charge in [-0.3, -0.25) is 14.9 Å². The fourth-order valence-corrected chi connectivity index (χ4v) is 2.33. The number of hydrogen-bond acceptors (Lipinski definition) is 4. The van der Waals surface area contributed by atoms with E-state index in [4.69, 9.17) is 4.74 Å². The summed E-state index contributed by atoms with van der Waals surface area (Å²) < 4.78 is 6.93. The standard InChI is InChI=1S/C18H22N2O4/c1-13-11-17(21)19(12-16(13)20(22)23)9-10-24-15-7-5-14(6-8-15)18(2,3)4/h5-8,11-12H,9-10H2,1-4H3. The highest BCUT2D eigenvalue weighted by Crippen LogP contribution is 2.24. The van der Waals surface area contributed by atoms with E-state index in [-0.39, 0.29) is 29.8 Å². The zero-order valence-corrected chi connectivity index (χ0v) is 14.4. The Labute approximate surface area is 140 Å². The molecule has 6 nitrogen and oxygen atoms in total. The van der Waals surface area contributed by atoms with Gasteiger partial charge in [-0.1, -0.05) is 32.9 Å². The zero-order chi connectivity index (χ0) is 17.9. The summed E-state index contributed by atoms with van der Waals surface area (Å²) >= 11 is 0. The molecule has 0 fully saturated rings. The first kappa shape index (κ1) is 17.7. The average Bonchev–Trinajstić information content (AvgIpc) is 2.48. The summed E-state index contributed by atoms with van der Waals surface area (Å²) in [4.78, 5) is 22.4. The van der Waals surface area contributed by atoms with Crippen molar-refractivity contribution in [1.29, 1.82) is 0 Å². The summed E-state index contributed by atoms with van der Waals surface area (Å²) in [6, 6.07) is 9.08. The third kappa shape index (κ3) is 4.22. The molecule has 1 aromatic heterocycles. The fourth-order valence-electron chi connectivity index (χ4n) is 2.33. The predicted octanol–water partition coefficient (Wildman–Crippen LogP) is 3.44. The van der Waals surface area contributed by atoms with Gasteiger partial charge < -0.3 is 9.30 Å². The Morgan fingerprint density at radius 2 is 1.83 bits per heavy atom. The number of aryl methyl sites for hydroxylation is 1. The van der Waals surface area contributed by atoms with Crippen LogP contribution in [0.25, 0.3) is 0 Å². The molecular weight excluding hydrogens is 308 g/mol. The van der Waals surface area contributed by atoms with E-state index in [1.807, 2.05) is 24.3 Å². The summed E-state index contributed by atoms with van der Waals surface area (Å²) in [6.07, 6.45) is 1.27. The molecule has 128 valence electrons. The first-order valence-electron chi connectivity index (χ1n) is 7.77. The van der Waals surface area contributed by atoms with Crippen molar-refractivity contribution in [3.8, 4) is 5.75 Å². The van der Waals surface area contributed by atoms with E-state index in [2.05, 4.69) is 20.8 Å². The number of benzene rings is 1. The number of nitro groups is 1. The highest BCUT2D eigenvalue weighted by atomic mass is 16.6. The second-order valence-electron chi connectivity index (χ2n) is 6.75. The van der Waals surface area contributed by atoms with Gasteiger partial charge in [0, 0.05) is 11.6 Å². The highest BCUT2D eigenvalue weighted by molar-refractivity contribution is 5.35. The molecule has 2 rings (SSSR count). The minimum absolute atomic E-state index is 0.0656. The van der Waals surface area contributed by atoms with Crippen molar-refractivity contribution in [3.05, 3.63) is 68.1 Å². The van der Waals surface area contributed by atoms with Crippen molar-refractivity contribution < 1.29 is 9.66 Å². The number of hydrogen-bond donors (Lipinski definition) is 0. The quantitative estimate of drug-likeness (QED) is 0.622. The van der Waals surface area contributed by atoms with Gasteiger partial charge in [0.1, 0.15) is 12.4 Å². The lowest BCUT2D eigenvalue weighted by molar-refractivity contribution is -0.385. The molecule has 1 heterocycles. The summed E-state index contributed by atoms with van der Waals surface area (Å²) in [5, 5.41) is 11.0. The Morgan fingerprint density at radius 1 is 1.21 bits per heavy atom. The molecule has 0 saturated heterocycles. The van der Waals surface area contributed by atoms with Crippen LogP contribution in [-0.4, -0.2) is 16.1 Å². The Kier molecular flexibility index (Phi) is 5.07. The lowest BCUT2D eigenvalue weighted by Gasteiger charge is -2.19.